The van der Waals surface area contributed by atoms with Gasteiger partial charge in [-0.05, 0) is 75.4 Å². The smallest absolute Gasteiger partial charge is 0.164 e. The fourth-order valence-electron chi connectivity index (χ4n) is 3.34. The highest BCUT2D eigenvalue weighted by molar-refractivity contribution is 5.98. The van der Waals surface area contributed by atoms with Gasteiger partial charge < -0.3 is 9.64 Å². The summed E-state index contributed by atoms with van der Waals surface area (Å²) in [4.78, 5) is 15.0. The van der Waals surface area contributed by atoms with E-state index in [0.29, 0.717) is 6.42 Å². The van der Waals surface area contributed by atoms with Gasteiger partial charge in [0.05, 0.1) is 7.11 Å². The number of ketones is 1. The number of methoxy groups -OCH3 is 1. The zero-order valence-electron chi connectivity index (χ0n) is 14.7. The molecule has 2 rings (SSSR count). The Labute approximate surface area is 134 Å². The van der Waals surface area contributed by atoms with Gasteiger partial charge in [0.15, 0.2) is 5.78 Å². The maximum atomic E-state index is 12.6. The first-order chi connectivity index (χ1) is 10.4. The monoisotopic (exact) mass is 303 g/mol. The number of aryl methyl sites for hydroxylation is 1. The summed E-state index contributed by atoms with van der Waals surface area (Å²) >= 11 is 0. The predicted molar refractivity (Wildman–Crippen MR) is 91.0 cm³/mol. The highest BCUT2D eigenvalue weighted by Gasteiger charge is 2.19. The number of hydrogen-bond acceptors (Lipinski definition) is 3. The summed E-state index contributed by atoms with van der Waals surface area (Å²) in [6.45, 7) is 11.5. The molecule has 0 atom stereocenters. The average Bonchev–Trinajstić information content (AvgIpc) is 2.50. The van der Waals surface area contributed by atoms with Gasteiger partial charge in [-0.15, -0.1) is 0 Å². The molecule has 0 amide bonds. The largest absolute Gasteiger partial charge is 0.496 e. The third-order valence-corrected chi connectivity index (χ3v) is 5.06. The van der Waals surface area contributed by atoms with E-state index >= 15 is 0 Å². The summed E-state index contributed by atoms with van der Waals surface area (Å²) in [5, 5.41) is 0. The lowest BCUT2D eigenvalue weighted by atomic mass is 9.94. The molecule has 0 saturated carbocycles. The number of carbonyl (C=O) groups is 1. The van der Waals surface area contributed by atoms with E-state index in [1.165, 1.54) is 12.8 Å². The van der Waals surface area contributed by atoms with Crippen molar-refractivity contribution in [2.24, 2.45) is 5.92 Å². The number of nitrogens with zero attached hydrogens (tertiary/aromatic N) is 1. The predicted octanol–water partition coefficient (Wildman–Crippen LogP) is 3.93. The van der Waals surface area contributed by atoms with Crippen LogP contribution in [0, 0.1) is 26.7 Å². The minimum Gasteiger partial charge on any atom is -0.496 e. The molecule has 3 heteroatoms. The van der Waals surface area contributed by atoms with E-state index in [9.17, 15) is 4.79 Å². The maximum Gasteiger partial charge on any atom is 0.164 e. The summed E-state index contributed by atoms with van der Waals surface area (Å²) in [7, 11) is 1.69. The van der Waals surface area contributed by atoms with Crippen LogP contribution in [-0.2, 0) is 0 Å². The normalized spacial score (nSPS) is 16.8. The zero-order chi connectivity index (χ0) is 16.3. The van der Waals surface area contributed by atoms with Crippen LogP contribution < -0.4 is 4.74 Å². The number of hydrogen-bond donors (Lipinski definition) is 0. The molecule has 1 aromatic rings. The Hall–Kier alpha value is -1.35. The van der Waals surface area contributed by atoms with Crippen LogP contribution in [0.2, 0.25) is 0 Å². The molecule has 0 N–H and O–H groups in total. The minimum atomic E-state index is 0.255. The van der Waals surface area contributed by atoms with Crippen molar-refractivity contribution in [1.29, 1.82) is 0 Å². The van der Waals surface area contributed by atoms with E-state index < -0.39 is 0 Å². The van der Waals surface area contributed by atoms with Crippen molar-refractivity contribution >= 4 is 5.78 Å². The van der Waals surface area contributed by atoms with E-state index in [1.54, 1.807) is 7.11 Å². The second-order valence-electron chi connectivity index (χ2n) is 6.72. The van der Waals surface area contributed by atoms with Gasteiger partial charge in [-0.25, -0.2) is 0 Å². The van der Waals surface area contributed by atoms with Crippen LogP contribution in [0.25, 0.3) is 0 Å². The lowest BCUT2D eigenvalue weighted by Crippen LogP contribution is -2.34. The Kier molecular flexibility index (Phi) is 5.63. The van der Waals surface area contributed by atoms with E-state index in [2.05, 4.69) is 11.8 Å². The van der Waals surface area contributed by atoms with Gasteiger partial charge in [0.25, 0.3) is 0 Å². The summed E-state index contributed by atoms with van der Waals surface area (Å²) in [5.74, 6) is 1.99. The van der Waals surface area contributed by atoms with E-state index in [0.717, 1.165) is 53.6 Å². The van der Waals surface area contributed by atoms with Crippen LogP contribution in [0.5, 0.6) is 5.75 Å². The van der Waals surface area contributed by atoms with Crippen LogP contribution in [0.15, 0.2) is 6.07 Å². The molecule has 1 fully saturated rings. The Morgan fingerprint density at radius 3 is 2.45 bits per heavy atom. The van der Waals surface area contributed by atoms with E-state index in [-0.39, 0.29) is 5.78 Å². The van der Waals surface area contributed by atoms with Gasteiger partial charge in [0.1, 0.15) is 5.75 Å². The van der Waals surface area contributed by atoms with Gasteiger partial charge >= 0.3 is 0 Å². The molecule has 0 unspecified atom stereocenters. The van der Waals surface area contributed by atoms with Crippen molar-refractivity contribution in [3.05, 3.63) is 28.3 Å². The molecule has 122 valence electrons. The van der Waals surface area contributed by atoms with Crippen molar-refractivity contribution in [3.63, 3.8) is 0 Å². The third kappa shape index (κ3) is 3.70. The second kappa shape index (κ2) is 7.28. The molecule has 0 radical (unpaired) electrons. The van der Waals surface area contributed by atoms with Gasteiger partial charge in [-0.1, -0.05) is 6.92 Å². The number of likely N-dealkylation sites (tertiary alicyclic amines) is 1. The molecular formula is C19H29NO2. The van der Waals surface area contributed by atoms with Crippen LogP contribution in [0.1, 0.15) is 53.2 Å². The number of piperidine rings is 1. The topological polar surface area (TPSA) is 29.5 Å². The molecule has 1 aliphatic rings. The van der Waals surface area contributed by atoms with Gasteiger partial charge in [0, 0.05) is 18.5 Å². The number of carbonyl (C=O) groups excluding carboxylic acids is 1. The van der Waals surface area contributed by atoms with Crippen molar-refractivity contribution < 1.29 is 9.53 Å². The van der Waals surface area contributed by atoms with Gasteiger partial charge in [-0.2, -0.15) is 0 Å². The van der Waals surface area contributed by atoms with Crippen LogP contribution in [-0.4, -0.2) is 37.4 Å². The van der Waals surface area contributed by atoms with Crippen LogP contribution in [0.3, 0.4) is 0 Å². The molecule has 0 spiro atoms. The molecular weight excluding hydrogens is 274 g/mol. The maximum absolute atomic E-state index is 12.6. The fourth-order valence-corrected chi connectivity index (χ4v) is 3.34. The highest BCUT2D eigenvalue weighted by atomic mass is 16.5. The molecule has 1 heterocycles. The summed E-state index contributed by atoms with van der Waals surface area (Å²) in [5.41, 5.74) is 4.04. The first-order valence-electron chi connectivity index (χ1n) is 8.34. The number of benzene rings is 1. The molecule has 1 saturated heterocycles. The molecule has 1 aliphatic heterocycles. The molecule has 0 aromatic heterocycles. The van der Waals surface area contributed by atoms with Gasteiger partial charge in [0.2, 0.25) is 0 Å². The molecule has 3 nitrogen and oxygen atoms in total. The summed E-state index contributed by atoms with van der Waals surface area (Å²) in [6, 6.07) is 1.99. The second-order valence-corrected chi connectivity index (χ2v) is 6.72. The molecule has 0 aliphatic carbocycles. The Balaban J connectivity index is 2.04. The van der Waals surface area contributed by atoms with Crippen molar-refractivity contribution in [3.8, 4) is 5.75 Å². The number of rotatable bonds is 5. The molecule has 0 bridgehead atoms. The summed E-state index contributed by atoms with van der Waals surface area (Å²) < 4.78 is 5.44. The minimum absolute atomic E-state index is 0.255. The lowest BCUT2D eigenvalue weighted by Gasteiger charge is -2.30. The van der Waals surface area contributed by atoms with Crippen molar-refractivity contribution in [2.45, 2.75) is 47.0 Å². The Morgan fingerprint density at radius 2 is 1.86 bits per heavy atom. The standard InChI is InChI=1S/C19H29NO2/c1-13-6-9-20(10-7-13)11-8-18(21)17-12-14(2)19(22-5)16(4)15(17)3/h12-13H,6-11H2,1-5H3. The van der Waals surface area contributed by atoms with E-state index in [1.807, 2.05) is 26.8 Å². The Morgan fingerprint density at radius 1 is 1.23 bits per heavy atom. The average molecular weight is 303 g/mol. The molecule has 1 aromatic carbocycles. The van der Waals surface area contributed by atoms with Crippen molar-refractivity contribution in [1.82, 2.24) is 4.90 Å². The Bertz CT molecular complexity index is 543. The van der Waals surface area contributed by atoms with Crippen LogP contribution >= 0.6 is 0 Å². The quantitative estimate of drug-likeness (QED) is 0.772. The van der Waals surface area contributed by atoms with Gasteiger partial charge in [-0.3, -0.25) is 4.79 Å². The first-order valence-corrected chi connectivity index (χ1v) is 8.34. The zero-order valence-corrected chi connectivity index (χ0v) is 14.7. The SMILES string of the molecule is COc1c(C)cc(C(=O)CCN2CCC(C)CC2)c(C)c1C. The fraction of sp³-hybridized carbons (Fsp3) is 0.632. The summed E-state index contributed by atoms with van der Waals surface area (Å²) in [6.07, 6.45) is 3.13. The highest BCUT2D eigenvalue weighted by Crippen LogP contribution is 2.29. The number of Topliss-reactive ketones (excluding diaryl/α,β-unsaturated/α-hetero) is 1. The van der Waals surface area contributed by atoms with E-state index in [4.69, 9.17) is 4.74 Å². The van der Waals surface area contributed by atoms with Crippen LogP contribution in [0.4, 0.5) is 0 Å². The molecule has 22 heavy (non-hydrogen) atoms. The number of ether oxygens (including phenoxy) is 1. The third-order valence-electron chi connectivity index (χ3n) is 5.06. The van der Waals surface area contributed by atoms with Crippen molar-refractivity contribution in [2.75, 3.05) is 26.7 Å². The first kappa shape index (κ1) is 17.0. The lowest BCUT2D eigenvalue weighted by molar-refractivity contribution is 0.0952.